The average Bonchev–Trinajstić information content (AvgIpc) is 2.49. The van der Waals surface area contributed by atoms with Gasteiger partial charge in [0.05, 0.1) is 0 Å². The van der Waals surface area contributed by atoms with Gasteiger partial charge in [0, 0.05) is 28.2 Å². The lowest BCUT2D eigenvalue weighted by molar-refractivity contribution is 0.0867. The minimum atomic E-state index is -0.244. The largest absolute Gasteiger partial charge is 0.293 e. The van der Waals surface area contributed by atoms with Gasteiger partial charge >= 0.3 is 0 Å². The Morgan fingerprint density at radius 2 is 1.33 bits per heavy atom. The highest BCUT2D eigenvalue weighted by Gasteiger charge is 2.41. The molecule has 27 heavy (non-hydrogen) atoms. The maximum absolute atomic E-state index is 13.4. The van der Waals surface area contributed by atoms with Crippen molar-refractivity contribution in [2.45, 2.75) is 67.7 Å². The Morgan fingerprint density at radius 1 is 0.778 bits per heavy atom. The summed E-state index contributed by atoms with van der Waals surface area (Å²) in [6, 6.07) is 4.04. The Hall–Kier alpha value is -1.96. The van der Waals surface area contributed by atoms with Gasteiger partial charge in [-0.1, -0.05) is 68.4 Å². The van der Waals surface area contributed by atoms with Gasteiger partial charge in [-0.25, -0.2) is 0 Å². The summed E-state index contributed by atoms with van der Waals surface area (Å²) in [5, 5.41) is 0. The molecule has 2 aliphatic rings. The van der Waals surface area contributed by atoms with Gasteiger partial charge in [-0.15, -0.1) is 0 Å². The quantitative estimate of drug-likeness (QED) is 0.534. The molecule has 1 aromatic rings. The van der Waals surface area contributed by atoms with E-state index in [0.29, 0.717) is 11.1 Å². The maximum atomic E-state index is 13.4. The van der Waals surface area contributed by atoms with Crippen molar-refractivity contribution in [1.29, 1.82) is 0 Å². The van der Waals surface area contributed by atoms with Crippen molar-refractivity contribution < 1.29 is 9.59 Å². The van der Waals surface area contributed by atoms with Crippen molar-refractivity contribution >= 4 is 17.1 Å². The standard InChI is InChI=1S/C25H32O2/c1-23(2,3)15-12-16-20-14(10-18(21(16)26)24(4,5)6)11-19(25(7,8)9)22(27)17(20)13-15/h10-13,18H,1-9H3. The first-order valence-electron chi connectivity index (χ1n) is 9.84. The van der Waals surface area contributed by atoms with E-state index in [1.807, 2.05) is 18.2 Å². The van der Waals surface area contributed by atoms with Gasteiger partial charge in [0.2, 0.25) is 0 Å². The molecule has 2 aliphatic carbocycles. The van der Waals surface area contributed by atoms with Crippen LogP contribution in [0.5, 0.6) is 0 Å². The molecule has 0 amide bonds. The second-order valence-corrected chi connectivity index (χ2v) is 11.2. The molecule has 0 fully saturated rings. The van der Waals surface area contributed by atoms with Gasteiger partial charge in [0.25, 0.3) is 0 Å². The Balaban J connectivity index is 2.38. The van der Waals surface area contributed by atoms with E-state index in [1.54, 1.807) is 0 Å². The number of Topliss-reactive ketones (excluding diaryl/α,β-unsaturated/α-hetero) is 2. The van der Waals surface area contributed by atoms with Crippen LogP contribution in [-0.2, 0) is 5.41 Å². The minimum Gasteiger partial charge on any atom is -0.293 e. The summed E-state index contributed by atoms with van der Waals surface area (Å²) >= 11 is 0. The van der Waals surface area contributed by atoms with E-state index in [0.717, 1.165) is 22.3 Å². The smallest absolute Gasteiger partial charge is 0.190 e. The highest BCUT2D eigenvalue weighted by Crippen LogP contribution is 2.46. The van der Waals surface area contributed by atoms with Crippen molar-refractivity contribution in [1.82, 2.24) is 0 Å². The van der Waals surface area contributed by atoms with Gasteiger partial charge < -0.3 is 0 Å². The molecular formula is C25H32O2. The van der Waals surface area contributed by atoms with Crippen molar-refractivity contribution in [2.24, 2.45) is 16.7 Å². The lowest BCUT2D eigenvalue weighted by Crippen LogP contribution is -2.33. The summed E-state index contributed by atoms with van der Waals surface area (Å²) in [6.45, 7) is 18.9. The van der Waals surface area contributed by atoms with Gasteiger partial charge in [-0.05, 0) is 45.6 Å². The Morgan fingerprint density at radius 3 is 1.81 bits per heavy atom. The molecule has 0 N–H and O–H groups in total. The fourth-order valence-corrected chi connectivity index (χ4v) is 3.95. The van der Waals surface area contributed by atoms with E-state index in [-0.39, 0.29) is 33.7 Å². The lowest BCUT2D eigenvalue weighted by Gasteiger charge is -2.36. The SMILES string of the molecule is CC(C)(C)C1=CC2=CC(C(C)(C)C)C(=O)c3cc(C(C)(C)C)cc(c32)C1=O. The highest BCUT2D eigenvalue weighted by molar-refractivity contribution is 6.21. The van der Waals surface area contributed by atoms with E-state index in [2.05, 4.69) is 68.4 Å². The third-order valence-electron chi connectivity index (χ3n) is 5.72. The molecule has 2 nitrogen and oxygen atoms in total. The van der Waals surface area contributed by atoms with Crippen molar-refractivity contribution in [3.8, 4) is 0 Å². The molecular weight excluding hydrogens is 332 g/mol. The molecule has 0 aliphatic heterocycles. The van der Waals surface area contributed by atoms with Gasteiger partial charge in [0.1, 0.15) is 0 Å². The molecule has 0 saturated heterocycles. The zero-order valence-corrected chi connectivity index (χ0v) is 18.2. The van der Waals surface area contributed by atoms with Crippen LogP contribution in [-0.4, -0.2) is 11.6 Å². The van der Waals surface area contributed by atoms with Crippen LogP contribution in [0.25, 0.3) is 5.57 Å². The average molecular weight is 365 g/mol. The fourth-order valence-electron chi connectivity index (χ4n) is 3.95. The molecule has 0 saturated carbocycles. The molecule has 0 heterocycles. The molecule has 2 heteroatoms. The summed E-state index contributed by atoms with van der Waals surface area (Å²) in [5.74, 6) is 0.00626. The van der Waals surface area contributed by atoms with Gasteiger partial charge in [-0.3, -0.25) is 9.59 Å². The summed E-state index contributed by atoms with van der Waals surface area (Å²) in [5.41, 5.74) is 4.60. The first kappa shape index (κ1) is 19.8. The van der Waals surface area contributed by atoms with Crippen LogP contribution in [0.3, 0.4) is 0 Å². The summed E-state index contributed by atoms with van der Waals surface area (Å²) in [6.07, 6.45) is 4.11. The number of ketones is 2. The molecule has 0 aromatic heterocycles. The Bertz CT molecular complexity index is 903. The topological polar surface area (TPSA) is 34.1 Å². The van der Waals surface area contributed by atoms with Crippen LogP contribution in [0.1, 0.15) is 94.2 Å². The summed E-state index contributed by atoms with van der Waals surface area (Å²) in [4.78, 5) is 26.7. The fraction of sp³-hybridized carbons (Fsp3) is 0.520. The second-order valence-electron chi connectivity index (χ2n) is 11.2. The van der Waals surface area contributed by atoms with Crippen molar-refractivity contribution in [3.63, 3.8) is 0 Å². The monoisotopic (exact) mass is 364 g/mol. The number of carbonyl (C=O) groups excluding carboxylic acids is 2. The first-order chi connectivity index (χ1) is 12.1. The van der Waals surface area contributed by atoms with Crippen molar-refractivity contribution in [3.05, 3.63) is 52.1 Å². The van der Waals surface area contributed by atoms with Crippen LogP contribution < -0.4 is 0 Å². The van der Waals surface area contributed by atoms with Gasteiger partial charge in [0.15, 0.2) is 11.6 Å². The van der Waals surface area contributed by atoms with Crippen LogP contribution >= 0.6 is 0 Å². The molecule has 0 radical (unpaired) electrons. The van der Waals surface area contributed by atoms with Crippen LogP contribution in [0.4, 0.5) is 0 Å². The van der Waals surface area contributed by atoms with Crippen LogP contribution in [0, 0.1) is 16.7 Å². The van der Waals surface area contributed by atoms with Gasteiger partial charge in [-0.2, -0.15) is 0 Å². The van der Waals surface area contributed by atoms with Crippen LogP contribution in [0.2, 0.25) is 0 Å². The first-order valence-corrected chi connectivity index (χ1v) is 9.84. The van der Waals surface area contributed by atoms with E-state index in [1.165, 1.54) is 0 Å². The molecule has 1 aromatic carbocycles. The highest BCUT2D eigenvalue weighted by atomic mass is 16.1. The summed E-state index contributed by atoms with van der Waals surface area (Å²) < 4.78 is 0. The Kier molecular flexibility index (Phi) is 4.23. The van der Waals surface area contributed by atoms with Crippen molar-refractivity contribution in [2.75, 3.05) is 0 Å². The maximum Gasteiger partial charge on any atom is 0.190 e. The van der Waals surface area contributed by atoms with E-state index in [9.17, 15) is 9.59 Å². The van der Waals surface area contributed by atoms with Crippen LogP contribution in [0.15, 0.2) is 29.9 Å². The zero-order valence-electron chi connectivity index (χ0n) is 18.2. The lowest BCUT2D eigenvalue weighted by atomic mass is 9.66. The molecule has 0 spiro atoms. The Labute approximate surface area is 163 Å². The number of allylic oxidation sites excluding steroid dienone is 4. The summed E-state index contributed by atoms with van der Waals surface area (Å²) in [7, 11) is 0. The predicted molar refractivity (Wildman–Crippen MR) is 112 cm³/mol. The number of hydrogen-bond donors (Lipinski definition) is 0. The van der Waals surface area contributed by atoms with E-state index >= 15 is 0 Å². The normalized spacial score (nSPS) is 20.3. The second kappa shape index (κ2) is 5.77. The third kappa shape index (κ3) is 3.24. The van der Waals surface area contributed by atoms with E-state index in [4.69, 9.17) is 0 Å². The predicted octanol–water partition coefficient (Wildman–Crippen LogP) is 6.39. The number of carbonyl (C=O) groups is 2. The number of benzene rings is 1. The number of hydrogen-bond acceptors (Lipinski definition) is 2. The minimum absolute atomic E-state index is 0.0593. The molecule has 1 unspecified atom stereocenters. The molecule has 3 rings (SSSR count). The molecule has 144 valence electrons. The third-order valence-corrected chi connectivity index (χ3v) is 5.72. The zero-order chi connectivity index (χ0) is 20.5. The number of rotatable bonds is 0. The molecule has 1 atom stereocenters. The van der Waals surface area contributed by atoms with E-state index < -0.39 is 0 Å². The molecule has 0 bridgehead atoms.